The summed E-state index contributed by atoms with van der Waals surface area (Å²) in [5.41, 5.74) is 1.32. The smallest absolute Gasteiger partial charge is 0.323 e. The number of carboxylic acids is 1. The minimum Gasteiger partial charge on any atom is -0.490 e. The molecule has 0 aromatic heterocycles. The van der Waals surface area contributed by atoms with Crippen molar-refractivity contribution in [3.63, 3.8) is 0 Å². The SMILES string of the molecule is O=C(O)CN1CCOc2ccc(C(=O)CN3CCCCC3)cc21. The van der Waals surface area contributed by atoms with E-state index >= 15 is 0 Å². The summed E-state index contributed by atoms with van der Waals surface area (Å²) in [7, 11) is 0. The fourth-order valence-corrected chi connectivity index (χ4v) is 3.19. The number of carbonyl (C=O) groups is 2. The Morgan fingerprint density at radius 2 is 1.87 bits per heavy atom. The second-order valence-electron chi connectivity index (χ2n) is 6.11. The van der Waals surface area contributed by atoms with Crippen LogP contribution in [0, 0.1) is 0 Å². The molecule has 6 nitrogen and oxygen atoms in total. The molecule has 2 aliphatic rings. The lowest BCUT2D eigenvalue weighted by Crippen LogP contribution is -2.37. The lowest BCUT2D eigenvalue weighted by atomic mass is 10.1. The number of carboxylic acid groups (broad SMARTS) is 1. The Kier molecular flexibility index (Phi) is 4.81. The number of fused-ring (bicyclic) bond motifs is 1. The molecule has 0 bridgehead atoms. The highest BCUT2D eigenvalue weighted by atomic mass is 16.5. The van der Waals surface area contributed by atoms with Gasteiger partial charge in [0.05, 0.1) is 18.8 Å². The van der Waals surface area contributed by atoms with Crippen LogP contribution in [0.4, 0.5) is 5.69 Å². The van der Waals surface area contributed by atoms with Gasteiger partial charge in [0.25, 0.3) is 0 Å². The number of aliphatic carboxylic acids is 1. The van der Waals surface area contributed by atoms with Crippen LogP contribution in [0.2, 0.25) is 0 Å². The number of hydrogen-bond acceptors (Lipinski definition) is 5. The van der Waals surface area contributed by atoms with E-state index in [4.69, 9.17) is 9.84 Å². The predicted molar refractivity (Wildman–Crippen MR) is 86.4 cm³/mol. The number of rotatable bonds is 5. The Balaban J connectivity index is 1.75. The molecule has 0 saturated carbocycles. The molecule has 23 heavy (non-hydrogen) atoms. The third-order valence-electron chi connectivity index (χ3n) is 4.38. The van der Waals surface area contributed by atoms with Crippen LogP contribution in [-0.2, 0) is 4.79 Å². The van der Waals surface area contributed by atoms with Crippen LogP contribution in [0.1, 0.15) is 29.6 Å². The highest BCUT2D eigenvalue weighted by Crippen LogP contribution is 2.32. The van der Waals surface area contributed by atoms with E-state index in [1.807, 2.05) is 0 Å². The molecular formula is C17H22N2O4. The van der Waals surface area contributed by atoms with E-state index in [0.717, 1.165) is 25.9 Å². The molecule has 1 saturated heterocycles. The summed E-state index contributed by atoms with van der Waals surface area (Å²) in [5.74, 6) is -0.162. The molecule has 0 atom stereocenters. The number of ether oxygens (including phenoxy) is 1. The van der Waals surface area contributed by atoms with E-state index in [2.05, 4.69) is 4.90 Å². The molecule has 6 heteroatoms. The molecule has 1 aromatic rings. The summed E-state index contributed by atoms with van der Waals surface area (Å²) >= 11 is 0. The van der Waals surface area contributed by atoms with Crippen molar-refractivity contribution in [3.05, 3.63) is 23.8 Å². The zero-order valence-electron chi connectivity index (χ0n) is 13.2. The number of Topliss-reactive ketones (excluding diaryl/α,β-unsaturated/α-hetero) is 1. The van der Waals surface area contributed by atoms with Crippen LogP contribution < -0.4 is 9.64 Å². The number of benzene rings is 1. The molecule has 3 rings (SSSR count). The molecular weight excluding hydrogens is 296 g/mol. The van der Waals surface area contributed by atoms with Gasteiger partial charge >= 0.3 is 5.97 Å². The van der Waals surface area contributed by atoms with Gasteiger partial charge in [-0.15, -0.1) is 0 Å². The van der Waals surface area contributed by atoms with Crippen LogP contribution in [0.15, 0.2) is 18.2 Å². The van der Waals surface area contributed by atoms with Crippen molar-refractivity contribution in [1.29, 1.82) is 0 Å². The van der Waals surface area contributed by atoms with Gasteiger partial charge < -0.3 is 14.7 Å². The van der Waals surface area contributed by atoms with Crippen molar-refractivity contribution < 1.29 is 19.4 Å². The quantitative estimate of drug-likeness (QED) is 0.832. The van der Waals surface area contributed by atoms with Gasteiger partial charge in [0.15, 0.2) is 5.78 Å². The number of hydrogen-bond donors (Lipinski definition) is 1. The van der Waals surface area contributed by atoms with Gasteiger partial charge in [-0.25, -0.2) is 0 Å². The Morgan fingerprint density at radius 1 is 1.09 bits per heavy atom. The maximum Gasteiger partial charge on any atom is 0.323 e. The zero-order valence-corrected chi connectivity index (χ0v) is 13.2. The molecule has 0 amide bonds. The molecule has 1 N–H and O–H groups in total. The minimum absolute atomic E-state index is 0.0792. The van der Waals surface area contributed by atoms with Crippen molar-refractivity contribution in [2.45, 2.75) is 19.3 Å². The van der Waals surface area contributed by atoms with Crippen LogP contribution >= 0.6 is 0 Å². The summed E-state index contributed by atoms with van der Waals surface area (Å²) in [6, 6.07) is 5.31. The van der Waals surface area contributed by atoms with Crippen LogP contribution in [0.3, 0.4) is 0 Å². The minimum atomic E-state index is -0.886. The van der Waals surface area contributed by atoms with Gasteiger partial charge in [0, 0.05) is 5.56 Å². The Bertz CT molecular complexity index is 596. The van der Waals surface area contributed by atoms with Gasteiger partial charge in [-0.3, -0.25) is 14.5 Å². The third kappa shape index (κ3) is 3.82. The normalized spacial score (nSPS) is 18.2. The number of ketones is 1. The zero-order chi connectivity index (χ0) is 16.2. The second-order valence-corrected chi connectivity index (χ2v) is 6.11. The van der Waals surface area contributed by atoms with Crippen molar-refractivity contribution in [2.75, 3.05) is 44.2 Å². The highest BCUT2D eigenvalue weighted by molar-refractivity contribution is 5.99. The first-order valence-corrected chi connectivity index (χ1v) is 8.12. The van der Waals surface area contributed by atoms with Crippen molar-refractivity contribution >= 4 is 17.4 Å². The van der Waals surface area contributed by atoms with Crippen molar-refractivity contribution in [2.24, 2.45) is 0 Å². The van der Waals surface area contributed by atoms with E-state index in [-0.39, 0.29) is 12.3 Å². The van der Waals surface area contributed by atoms with Gasteiger partial charge in [0.2, 0.25) is 0 Å². The van der Waals surface area contributed by atoms with Gasteiger partial charge in [-0.1, -0.05) is 6.42 Å². The van der Waals surface area contributed by atoms with Gasteiger partial charge in [-0.2, -0.15) is 0 Å². The van der Waals surface area contributed by atoms with E-state index in [1.165, 1.54) is 6.42 Å². The number of carbonyl (C=O) groups excluding carboxylic acids is 1. The molecule has 0 radical (unpaired) electrons. The van der Waals surface area contributed by atoms with Crippen LogP contribution in [-0.4, -0.2) is 61.1 Å². The van der Waals surface area contributed by atoms with Gasteiger partial charge in [-0.05, 0) is 44.1 Å². The van der Waals surface area contributed by atoms with E-state index in [9.17, 15) is 9.59 Å². The molecule has 0 unspecified atom stereocenters. The maximum atomic E-state index is 12.5. The molecule has 2 aliphatic heterocycles. The number of piperidine rings is 1. The van der Waals surface area contributed by atoms with Crippen LogP contribution in [0.5, 0.6) is 5.75 Å². The van der Waals surface area contributed by atoms with E-state index in [0.29, 0.717) is 36.7 Å². The first kappa shape index (κ1) is 15.8. The third-order valence-corrected chi connectivity index (χ3v) is 4.38. The van der Waals surface area contributed by atoms with Crippen LogP contribution in [0.25, 0.3) is 0 Å². The summed E-state index contributed by atoms with van der Waals surface area (Å²) in [4.78, 5) is 27.5. The topological polar surface area (TPSA) is 70.1 Å². The molecule has 1 aromatic carbocycles. The average Bonchev–Trinajstić information content (AvgIpc) is 2.55. The lowest BCUT2D eigenvalue weighted by molar-refractivity contribution is -0.135. The average molecular weight is 318 g/mol. The monoisotopic (exact) mass is 318 g/mol. The number of likely N-dealkylation sites (tertiary alicyclic amines) is 1. The Labute approximate surface area is 135 Å². The Hall–Kier alpha value is -2.08. The summed E-state index contributed by atoms with van der Waals surface area (Å²) in [6.45, 7) is 3.28. The lowest BCUT2D eigenvalue weighted by Gasteiger charge is -2.30. The standard InChI is InChI=1S/C17H22N2O4/c20-15(11-18-6-2-1-3-7-18)13-4-5-16-14(10-13)19(8-9-23-16)12-17(21)22/h4-5,10H,1-3,6-9,11-12H2,(H,21,22). The Morgan fingerprint density at radius 3 is 2.61 bits per heavy atom. The molecule has 2 heterocycles. The van der Waals surface area contributed by atoms with E-state index < -0.39 is 5.97 Å². The number of anilines is 1. The number of nitrogens with zero attached hydrogens (tertiary/aromatic N) is 2. The fourth-order valence-electron chi connectivity index (χ4n) is 3.19. The maximum absolute atomic E-state index is 12.5. The predicted octanol–water partition coefficient (Wildman–Crippen LogP) is 1.64. The largest absolute Gasteiger partial charge is 0.490 e. The fraction of sp³-hybridized carbons (Fsp3) is 0.529. The van der Waals surface area contributed by atoms with Crippen molar-refractivity contribution in [3.8, 4) is 5.75 Å². The van der Waals surface area contributed by atoms with E-state index in [1.54, 1.807) is 23.1 Å². The first-order chi connectivity index (χ1) is 11.1. The summed E-state index contributed by atoms with van der Waals surface area (Å²) in [6.07, 6.45) is 3.54. The summed E-state index contributed by atoms with van der Waals surface area (Å²) < 4.78 is 5.56. The first-order valence-electron chi connectivity index (χ1n) is 8.12. The second kappa shape index (κ2) is 7.00. The van der Waals surface area contributed by atoms with Crippen molar-refractivity contribution in [1.82, 2.24) is 4.90 Å². The molecule has 0 aliphatic carbocycles. The molecule has 1 fully saturated rings. The highest BCUT2D eigenvalue weighted by Gasteiger charge is 2.22. The molecule has 0 spiro atoms. The summed E-state index contributed by atoms with van der Waals surface area (Å²) in [5, 5.41) is 9.03. The van der Waals surface area contributed by atoms with Gasteiger partial charge in [0.1, 0.15) is 18.9 Å². The molecule has 124 valence electrons.